The van der Waals surface area contributed by atoms with Crippen molar-refractivity contribution in [3.63, 3.8) is 0 Å². The fraction of sp³-hybridized carbons (Fsp3) is 0.667. The van der Waals surface area contributed by atoms with E-state index in [1.54, 1.807) is 4.90 Å². The summed E-state index contributed by atoms with van der Waals surface area (Å²) in [6.07, 6.45) is 0. The quantitative estimate of drug-likeness (QED) is 0.223. The van der Waals surface area contributed by atoms with Gasteiger partial charge in [0.2, 0.25) is 0 Å². The Morgan fingerprint density at radius 2 is 1.71 bits per heavy atom. The van der Waals surface area contributed by atoms with Crippen LogP contribution in [0, 0.1) is 0 Å². The molecule has 0 aromatic heterocycles. The van der Waals surface area contributed by atoms with Crippen LogP contribution in [0.4, 0.5) is 0 Å². The normalized spacial score (nSPS) is 6.71. The minimum absolute atomic E-state index is 0. The molecule has 0 fully saturated rings. The van der Waals surface area contributed by atoms with Crippen molar-refractivity contribution in [2.75, 3.05) is 14.1 Å². The van der Waals surface area contributed by atoms with Crippen LogP contribution < -0.4 is 18.9 Å². The van der Waals surface area contributed by atoms with Crippen LogP contribution in [-0.4, -0.2) is 23.3 Å². The van der Waals surface area contributed by atoms with Gasteiger partial charge in [0.1, 0.15) is 4.32 Å². The van der Waals surface area contributed by atoms with Gasteiger partial charge in [-0.05, 0) is 0 Å². The van der Waals surface area contributed by atoms with Gasteiger partial charge in [-0.2, -0.15) is 0 Å². The van der Waals surface area contributed by atoms with Gasteiger partial charge < -0.3 is 4.90 Å². The van der Waals surface area contributed by atoms with Gasteiger partial charge in [0.15, 0.2) is 0 Å². The number of hydrogen-bond acceptors (Lipinski definition) is 1. The topological polar surface area (TPSA) is 3.24 Å². The fourth-order valence-corrected chi connectivity index (χ4v) is 0. The first-order valence-electron chi connectivity index (χ1n) is 1.55. The van der Waals surface area contributed by atoms with Crippen LogP contribution in [0.3, 0.4) is 0 Å². The largest absolute Gasteiger partial charge is 1.00 e. The Kier molecular flexibility index (Phi) is 7.66. The van der Waals surface area contributed by atoms with Crippen molar-refractivity contribution >= 4 is 29.2 Å². The fourth-order valence-electron chi connectivity index (χ4n) is 0. The summed E-state index contributed by atoms with van der Waals surface area (Å²) in [5, 5.41) is 0. The maximum absolute atomic E-state index is 4.61. The minimum Gasteiger partial charge on any atom is -0.364 e. The molecule has 0 heterocycles. The predicted molar refractivity (Wildman–Crippen MR) is 35.3 cm³/mol. The van der Waals surface area contributed by atoms with Crippen molar-refractivity contribution in [1.82, 2.24) is 4.90 Å². The molecule has 1 nitrogen and oxygen atoms in total. The van der Waals surface area contributed by atoms with Gasteiger partial charge in [0.25, 0.3) is 0 Å². The van der Waals surface area contributed by atoms with Crippen molar-refractivity contribution in [2.45, 2.75) is 0 Å². The summed E-state index contributed by atoms with van der Waals surface area (Å²) in [5.74, 6) is 0. The monoisotopic (exact) mass is 128 g/mol. The number of nitrogens with zero attached hydrogens (tertiary/aromatic N) is 1. The van der Waals surface area contributed by atoms with Gasteiger partial charge in [0, 0.05) is 14.1 Å². The van der Waals surface area contributed by atoms with Gasteiger partial charge in [-0.3, -0.25) is 0 Å². The molecule has 0 N–H and O–H groups in total. The molecule has 0 unspecified atom stereocenters. The molecule has 0 rings (SSSR count). The second kappa shape index (κ2) is 4.98. The summed E-state index contributed by atoms with van der Waals surface area (Å²) in [6.45, 7) is 0. The van der Waals surface area contributed by atoms with Crippen LogP contribution in [0.5, 0.6) is 0 Å². The molecule has 0 spiro atoms. The summed E-state index contributed by atoms with van der Waals surface area (Å²) in [6, 6.07) is 0. The molecule has 0 saturated carbocycles. The molecule has 0 aliphatic rings. The second-order valence-corrected chi connectivity index (χ2v) is 2.29. The van der Waals surface area contributed by atoms with Gasteiger partial charge in [0.05, 0.1) is 0 Å². The van der Waals surface area contributed by atoms with E-state index in [4.69, 9.17) is 0 Å². The molecule has 36 valence electrons. The van der Waals surface area contributed by atoms with Crippen molar-refractivity contribution in [2.24, 2.45) is 0 Å². The first-order valence-corrected chi connectivity index (χ1v) is 2.40. The summed E-state index contributed by atoms with van der Waals surface area (Å²) < 4.78 is 0.620. The summed E-state index contributed by atoms with van der Waals surface area (Å²) in [7, 11) is 3.71. The van der Waals surface area contributed by atoms with Crippen molar-refractivity contribution < 1.29 is 18.9 Å². The summed E-state index contributed by atoms with van der Waals surface area (Å²) in [4.78, 5) is 1.76. The molecular weight excluding hydrogens is 121 g/mol. The average Bonchev–Trinajstić information content (AvgIpc) is 1.36. The molecule has 0 aliphatic carbocycles. The Morgan fingerprint density at radius 3 is 1.71 bits per heavy atom. The van der Waals surface area contributed by atoms with Crippen molar-refractivity contribution in [1.29, 1.82) is 0 Å². The summed E-state index contributed by atoms with van der Waals surface area (Å²) in [5.41, 5.74) is 0. The summed E-state index contributed by atoms with van der Waals surface area (Å²) >= 11 is 8.46. The molecule has 0 saturated heterocycles. The van der Waals surface area contributed by atoms with Crippen molar-refractivity contribution in [3.8, 4) is 0 Å². The maximum atomic E-state index is 4.61. The van der Waals surface area contributed by atoms with Gasteiger partial charge in [-0.25, -0.2) is 0 Å². The molecule has 0 aromatic carbocycles. The first kappa shape index (κ1) is 10.8. The Bertz CT molecular complexity index is 64.0. The molecular formula is C3H7LiNS2+. The zero-order valence-electron chi connectivity index (χ0n) is 4.80. The third-order valence-electron chi connectivity index (χ3n) is 0.383. The second-order valence-electron chi connectivity index (χ2n) is 1.18. The average molecular weight is 128 g/mol. The zero-order valence-corrected chi connectivity index (χ0v) is 6.51. The van der Waals surface area contributed by atoms with Gasteiger partial charge >= 0.3 is 18.9 Å². The van der Waals surface area contributed by atoms with Crippen LogP contribution in [0.15, 0.2) is 0 Å². The maximum Gasteiger partial charge on any atom is 1.00 e. The molecule has 4 heteroatoms. The predicted octanol–water partition coefficient (Wildman–Crippen LogP) is -2.23. The molecule has 0 aliphatic heterocycles. The first-order chi connectivity index (χ1) is 2.64. The van der Waals surface area contributed by atoms with Gasteiger partial charge in [-0.1, -0.05) is 12.2 Å². The SMILES string of the molecule is CN(C)C(=S)S.[Li+]. The number of rotatable bonds is 0. The van der Waals surface area contributed by atoms with E-state index in [0.29, 0.717) is 4.32 Å². The van der Waals surface area contributed by atoms with Crippen LogP contribution in [0.2, 0.25) is 0 Å². The Morgan fingerprint density at radius 1 is 1.57 bits per heavy atom. The van der Waals surface area contributed by atoms with E-state index in [1.807, 2.05) is 14.1 Å². The molecule has 0 radical (unpaired) electrons. The van der Waals surface area contributed by atoms with E-state index in [2.05, 4.69) is 24.8 Å². The number of thiocarbonyl (C=S) groups is 1. The molecule has 0 aromatic rings. The van der Waals surface area contributed by atoms with E-state index < -0.39 is 0 Å². The Labute approximate surface area is 67.0 Å². The van der Waals surface area contributed by atoms with E-state index in [-0.39, 0.29) is 18.9 Å². The third-order valence-corrected chi connectivity index (χ3v) is 1.15. The van der Waals surface area contributed by atoms with Crippen LogP contribution in [-0.2, 0) is 0 Å². The van der Waals surface area contributed by atoms with Crippen molar-refractivity contribution in [3.05, 3.63) is 0 Å². The van der Waals surface area contributed by atoms with E-state index in [9.17, 15) is 0 Å². The van der Waals surface area contributed by atoms with E-state index in [0.717, 1.165) is 0 Å². The van der Waals surface area contributed by atoms with Crippen LogP contribution in [0.1, 0.15) is 0 Å². The molecule has 0 amide bonds. The molecule has 0 bridgehead atoms. The number of hydrogen-bond donors (Lipinski definition) is 1. The van der Waals surface area contributed by atoms with E-state index >= 15 is 0 Å². The Hall–Kier alpha value is 0.837. The van der Waals surface area contributed by atoms with Crippen LogP contribution >= 0.6 is 24.8 Å². The van der Waals surface area contributed by atoms with E-state index in [1.165, 1.54) is 0 Å². The number of thiol groups is 1. The Balaban J connectivity index is 0. The zero-order chi connectivity index (χ0) is 5.15. The molecule has 7 heavy (non-hydrogen) atoms. The third kappa shape index (κ3) is 6.84. The smallest absolute Gasteiger partial charge is 0.364 e. The van der Waals surface area contributed by atoms with Gasteiger partial charge in [-0.15, -0.1) is 12.6 Å². The standard InChI is InChI=1S/C3H7NS2.Li/c1-4(2)3(5)6;/h1-2H3,(H,5,6);/q;+1. The molecule has 0 atom stereocenters. The van der Waals surface area contributed by atoms with Crippen LogP contribution in [0.25, 0.3) is 0 Å². The minimum atomic E-state index is 0.